The Hall–Kier alpha value is -1.10. The number of hydrogen-bond donors (Lipinski definition) is 2. The minimum Gasteiger partial charge on any atom is -0.325 e. The van der Waals surface area contributed by atoms with Crippen LogP contribution in [0.5, 0.6) is 0 Å². The Morgan fingerprint density at radius 2 is 1.91 bits per heavy atom. The van der Waals surface area contributed by atoms with Gasteiger partial charge in [-0.1, -0.05) is 6.07 Å². The van der Waals surface area contributed by atoms with Gasteiger partial charge < -0.3 is 10.6 Å². The fraction of sp³-hybridized carbons (Fsp3) is 0.588. The van der Waals surface area contributed by atoms with Crippen LogP contribution < -0.4 is 10.6 Å². The van der Waals surface area contributed by atoms with Gasteiger partial charge in [0.2, 0.25) is 5.91 Å². The highest BCUT2D eigenvalue weighted by atomic mass is 35.5. The smallest absolute Gasteiger partial charge is 0.238 e. The lowest BCUT2D eigenvalue weighted by atomic mass is 10.0. The Morgan fingerprint density at radius 3 is 2.68 bits per heavy atom. The number of nitrogens with zero attached hydrogens (tertiary/aromatic N) is 1. The maximum absolute atomic E-state index is 12.2. The molecule has 4 nitrogen and oxygen atoms in total. The molecule has 2 saturated heterocycles. The van der Waals surface area contributed by atoms with Crippen LogP contribution in [0.1, 0.15) is 17.5 Å². The molecule has 2 N–H and O–H groups in total. The number of nitrogens with one attached hydrogen (secondary N) is 2. The fourth-order valence-corrected chi connectivity index (χ4v) is 4.13. The molecule has 0 bridgehead atoms. The average molecular weight is 322 g/mol. The van der Waals surface area contributed by atoms with E-state index in [1.807, 2.05) is 6.07 Å². The summed E-state index contributed by atoms with van der Waals surface area (Å²) < 4.78 is 0. The summed E-state index contributed by atoms with van der Waals surface area (Å²) in [7, 11) is 0. The SMILES string of the molecule is Cl.O=C(CN1C[C@H]2CNC[C@H]2C1)Nc1ccc2c(c1)CCC2. The van der Waals surface area contributed by atoms with Gasteiger partial charge in [0.1, 0.15) is 0 Å². The van der Waals surface area contributed by atoms with Crippen LogP contribution in [-0.2, 0) is 17.6 Å². The number of aryl methyl sites for hydroxylation is 2. The molecule has 1 aliphatic carbocycles. The van der Waals surface area contributed by atoms with Crippen molar-refractivity contribution in [1.29, 1.82) is 0 Å². The monoisotopic (exact) mass is 321 g/mol. The molecule has 0 radical (unpaired) electrons. The maximum atomic E-state index is 12.2. The molecule has 3 aliphatic rings. The number of fused-ring (bicyclic) bond motifs is 2. The Kier molecular flexibility index (Phi) is 4.71. The lowest BCUT2D eigenvalue weighted by molar-refractivity contribution is -0.117. The summed E-state index contributed by atoms with van der Waals surface area (Å²) in [5, 5.41) is 6.50. The third-order valence-corrected chi connectivity index (χ3v) is 5.21. The Bertz CT molecular complexity index is 551. The summed E-state index contributed by atoms with van der Waals surface area (Å²) in [5.74, 6) is 1.62. The van der Waals surface area contributed by atoms with Gasteiger partial charge in [0.05, 0.1) is 6.54 Å². The van der Waals surface area contributed by atoms with E-state index >= 15 is 0 Å². The minimum atomic E-state index is 0. The van der Waals surface area contributed by atoms with Crippen LogP contribution in [0.15, 0.2) is 18.2 Å². The van der Waals surface area contributed by atoms with Gasteiger partial charge in [-0.15, -0.1) is 12.4 Å². The molecule has 2 aliphatic heterocycles. The average Bonchev–Trinajstić information content (AvgIpc) is 3.12. The van der Waals surface area contributed by atoms with Crippen molar-refractivity contribution in [2.75, 3.05) is 38.0 Å². The van der Waals surface area contributed by atoms with E-state index in [1.165, 1.54) is 24.0 Å². The maximum Gasteiger partial charge on any atom is 0.238 e. The van der Waals surface area contributed by atoms with E-state index in [0.717, 1.165) is 50.1 Å². The summed E-state index contributed by atoms with van der Waals surface area (Å²) in [6, 6.07) is 6.37. The van der Waals surface area contributed by atoms with Crippen molar-refractivity contribution in [3.05, 3.63) is 29.3 Å². The van der Waals surface area contributed by atoms with Crippen molar-refractivity contribution in [3.63, 3.8) is 0 Å². The molecular formula is C17H24ClN3O. The normalized spacial score (nSPS) is 26.4. The number of amides is 1. The van der Waals surface area contributed by atoms with Crippen molar-refractivity contribution in [2.45, 2.75) is 19.3 Å². The molecule has 0 spiro atoms. The number of rotatable bonds is 3. The van der Waals surface area contributed by atoms with Crippen LogP contribution in [0.2, 0.25) is 0 Å². The summed E-state index contributed by atoms with van der Waals surface area (Å²) >= 11 is 0. The first-order valence-corrected chi connectivity index (χ1v) is 8.12. The predicted octanol–water partition coefficient (Wildman–Crippen LogP) is 1.69. The third kappa shape index (κ3) is 3.14. The Morgan fingerprint density at radius 1 is 1.18 bits per heavy atom. The molecule has 1 amide bonds. The highest BCUT2D eigenvalue weighted by Gasteiger charge is 2.36. The van der Waals surface area contributed by atoms with E-state index in [1.54, 1.807) is 0 Å². The Balaban J connectivity index is 0.00000144. The number of benzene rings is 1. The number of likely N-dealkylation sites (tertiary alicyclic amines) is 1. The zero-order chi connectivity index (χ0) is 14.2. The minimum absolute atomic E-state index is 0. The highest BCUT2D eigenvalue weighted by Crippen LogP contribution is 2.27. The van der Waals surface area contributed by atoms with Crippen LogP contribution in [-0.4, -0.2) is 43.5 Å². The highest BCUT2D eigenvalue weighted by molar-refractivity contribution is 5.92. The lowest BCUT2D eigenvalue weighted by Crippen LogP contribution is -2.33. The molecule has 2 fully saturated rings. The summed E-state index contributed by atoms with van der Waals surface area (Å²) in [5.41, 5.74) is 3.82. The van der Waals surface area contributed by atoms with Gasteiger partial charge in [-0.25, -0.2) is 0 Å². The second-order valence-electron chi connectivity index (χ2n) is 6.76. The van der Waals surface area contributed by atoms with Crippen LogP contribution in [0.3, 0.4) is 0 Å². The molecule has 1 aromatic carbocycles. The molecule has 0 saturated carbocycles. The van der Waals surface area contributed by atoms with E-state index in [9.17, 15) is 4.79 Å². The zero-order valence-electron chi connectivity index (χ0n) is 12.8. The number of carbonyl (C=O) groups is 1. The van der Waals surface area contributed by atoms with E-state index in [-0.39, 0.29) is 18.3 Å². The first-order valence-electron chi connectivity index (χ1n) is 8.12. The molecule has 0 aromatic heterocycles. The second-order valence-corrected chi connectivity index (χ2v) is 6.76. The van der Waals surface area contributed by atoms with E-state index < -0.39 is 0 Å². The quantitative estimate of drug-likeness (QED) is 0.890. The van der Waals surface area contributed by atoms with E-state index in [2.05, 4.69) is 27.7 Å². The topological polar surface area (TPSA) is 44.4 Å². The number of anilines is 1. The van der Waals surface area contributed by atoms with Crippen molar-refractivity contribution in [2.24, 2.45) is 11.8 Å². The van der Waals surface area contributed by atoms with Gasteiger partial charge in [0.25, 0.3) is 0 Å². The van der Waals surface area contributed by atoms with Crippen LogP contribution in [0.4, 0.5) is 5.69 Å². The molecule has 1 aromatic rings. The molecule has 120 valence electrons. The number of hydrogen-bond acceptors (Lipinski definition) is 3. The fourth-order valence-electron chi connectivity index (χ4n) is 4.13. The van der Waals surface area contributed by atoms with Crippen molar-refractivity contribution in [1.82, 2.24) is 10.2 Å². The molecule has 4 rings (SSSR count). The Labute approximate surface area is 138 Å². The molecule has 22 heavy (non-hydrogen) atoms. The second kappa shape index (κ2) is 6.57. The summed E-state index contributed by atoms with van der Waals surface area (Å²) in [6.07, 6.45) is 3.59. The predicted molar refractivity (Wildman–Crippen MR) is 90.6 cm³/mol. The van der Waals surface area contributed by atoms with Gasteiger partial charge in [-0.05, 0) is 67.4 Å². The number of carbonyl (C=O) groups excluding carboxylic acids is 1. The van der Waals surface area contributed by atoms with Crippen LogP contribution >= 0.6 is 12.4 Å². The molecule has 0 unspecified atom stereocenters. The van der Waals surface area contributed by atoms with Gasteiger partial charge in [0, 0.05) is 18.8 Å². The summed E-state index contributed by atoms with van der Waals surface area (Å²) in [6.45, 7) is 4.90. The van der Waals surface area contributed by atoms with Crippen LogP contribution in [0, 0.1) is 11.8 Å². The third-order valence-electron chi connectivity index (χ3n) is 5.21. The first-order chi connectivity index (χ1) is 10.3. The molecular weight excluding hydrogens is 298 g/mol. The van der Waals surface area contributed by atoms with Crippen molar-refractivity contribution in [3.8, 4) is 0 Å². The van der Waals surface area contributed by atoms with E-state index in [0.29, 0.717) is 6.54 Å². The van der Waals surface area contributed by atoms with Crippen molar-refractivity contribution < 1.29 is 4.79 Å². The van der Waals surface area contributed by atoms with Gasteiger partial charge in [-0.3, -0.25) is 9.69 Å². The zero-order valence-corrected chi connectivity index (χ0v) is 13.6. The molecule has 5 heteroatoms. The molecule has 2 heterocycles. The lowest BCUT2D eigenvalue weighted by Gasteiger charge is -2.16. The van der Waals surface area contributed by atoms with E-state index in [4.69, 9.17) is 0 Å². The first kappa shape index (κ1) is 15.8. The van der Waals surface area contributed by atoms with Gasteiger partial charge >= 0.3 is 0 Å². The van der Waals surface area contributed by atoms with Crippen LogP contribution in [0.25, 0.3) is 0 Å². The summed E-state index contributed by atoms with van der Waals surface area (Å²) in [4.78, 5) is 14.5. The standard InChI is InChI=1S/C17H23N3O.ClH/c21-17(11-20-9-14-7-18-8-15(14)10-20)19-16-5-4-12-2-1-3-13(12)6-16;/h4-6,14-15,18H,1-3,7-11H2,(H,19,21);1H/t14-,15+;. The van der Waals surface area contributed by atoms with Crippen molar-refractivity contribution >= 4 is 24.0 Å². The van der Waals surface area contributed by atoms with Gasteiger partial charge in [-0.2, -0.15) is 0 Å². The van der Waals surface area contributed by atoms with Gasteiger partial charge in [0.15, 0.2) is 0 Å². The molecule has 2 atom stereocenters. The number of halogens is 1. The largest absolute Gasteiger partial charge is 0.325 e.